The summed E-state index contributed by atoms with van der Waals surface area (Å²) < 4.78 is 0. The molecule has 0 atom stereocenters. The Hall–Kier alpha value is -2.24. The minimum atomic E-state index is -0.481. The monoisotopic (exact) mass is 359 g/mol. The lowest BCUT2D eigenvalue weighted by molar-refractivity contribution is -0.128. The molecule has 0 bridgehead atoms. The van der Waals surface area contributed by atoms with Gasteiger partial charge in [0.15, 0.2) is 5.96 Å². The molecule has 26 heavy (non-hydrogen) atoms. The average Bonchev–Trinajstić information content (AvgIpc) is 2.64. The fourth-order valence-electron chi connectivity index (χ4n) is 3.29. The highest BCUT2D eigenvalue weighted by Gasteiger charge is 2.28. The maximum atomic E-state index is 12.0. The standard InChI is InChI=1S/C20H33N5O/c1-15-8-7-9-17(16(15)2)24-10-12-25(13-11-24)19(22-6)23-14-20(3,4)18(26)21-5/h7-9H,10-14H2,1-6H3,(H,21,26)(H,22,23). The number of piperazine rings is 1. The highest BCUT2D eigenvalue weighted by Crippen LogP contribution is 2.24. The average molecular weight is 360 g/mol. The maximum Gasteiger partial charge on any atom is 0.227 e. The SMILES string of the molecule is CN=C(NCC(C)(C)C(=O)NC)N1CCN(c2cccc(C)c2C)CC1. The predicted octanol–water partition coefficient (Wildman–Crippen LogP) is 1.77. The van der Waals surface area contributed by atoms with Gasteiger partial charge in [0.25, 0.3) is 0 Å². The smallest absolute Gasteiger partial charge is 0.227 e. The Kier molecular flexibility index (Phi) is 6.51. The van der Waals surface area contributed by atoms with Gasteiger partial charge in [-0.3, -0.25) is 9.79 Å². The van der Waals surface area contributed by atoms with E-state index >= 15 is 0 Å². The normalized spacial score (nSPS) is 15.8. The number of aliphatic imine (C=N–C) groups is 1. The van der Waals surface area contributed by atoms with Crippen LogP contribution in [0.25, 0.3) is 0 Å². The van der Waals surface area contributed by atoms with E-state index in [4.69, 9.17) is 0 Å². The Morgan fingerprint density at radius 3 is 2.42 bits per heavy atom. The number of benzene rings is 1. The van der Waals surface area contributed by atoms with E-state index in [1.54, 1.807) is 14.1 Å². The van der Waals surface area contributed by atoms with Crippen LogP contribution in [-0.2, 0) is 4.79 Å². The van der Waals surface area contributed by atoms with Crippen molar-refractivity contribution in [3.05, 3.63) is 29.3 Å². The van der Waals surface area contributed by atoms with Crippen LogP contribution in [-0.4, -0.2) is 63.6 Å². The maximum absolute atomic E-state index is 12.0. The topological polar surface area (TPSA) is 60.0 Å². The predicted molar refractivity (Wildman–Crippen MR) is 109 cm³/mol. The van der Waals surface area contributed by atoms with Crippen LogP contribution in [0.4, 0.5) is 5.69 Å². The third kappa shape index (κ3) is 4.48. The van der Waals surface area contributed by atoms with Gasteiger partial charge < -0.3 is 20.4 Å². The number of hydrogen-bond acceptors (Lipinski definition) is 3. The Bertz CT molecular complexity index is 660. The molecule has 0 spiro atoms. The zero-order chi connectivity index (χ0) is 19.3. The van der Waals surface area contributed by atoms with Crippen molar-refractivity contribution in [2.24, 2.45) is 10.4 Å². The lowest BCUT2D eigenvalue weighted by Gasteiger charge is -2.39. The van der Waals surface area contributed by atoms with Crippen LogP contribution in [0, 0.1) is 19.3 Å². The van der Waals surface area contributed by atoms with E-state index in [2.05, 4.69) is 57.5 Å². The minimum Gasteiger partial charge on any atom is -0.368 e. The van der Waals surface area contributed by atoms with Gasteiger partial charge >= 0.3 is 0 Å². The summed E-state index contributed by atoms with van der Waals surface area (Å²) in [6.45, 7) is 12.5. The van der Waals surface area contributed by atoms with Gasteiger partial charge in [0.05, 0.1) is 5.41 Å². The summed E-state index contributed by atoms with van der Waals surface area (Å²) in [7, 11) is 3.47. The number of nitrogens with zero attached hydrogens (tertiary/aromatic N) is 3. The molecule has 1 amide bonds. The third-order valence-electron chi connectivity index (χ3n) is 5.24. The van der Waals surface area contributed by atoms with Crippen LogP contribution < -0.4 is 15.5 Å². The van der Waals surface area contributed by atoms with Crippen molar-refractivity contribution in [1.82, 2.24) is 15.5 Å². The molecule has 2 N–H and O–H groups in total. The fourth-order valence-corrected chi connectivity index (χ4v) is 3.29. The Morgan fingerprint density at radius 1 is 1.19 bits per heavy atom. The number of nitrogens with one attached hydrogen (secondary N) is 2. The largest absolute Gasteiger partial charge is 0.368 e. The lowest BCUT2D eigenvalue weighted by Crippen LogP contribution is -2.54. The van der Waals surface area contributed by atoms with Gasteiger partial charge in [0, 0.05) is 52.5 Å². The van der Waals surface area contributed by atoms with Crippen molar-refractivity contribution >= 4 is 17.6 Å². The molecule has 0 aliphatic carbocycles. The molecule has 6 nitrogen and oxygen atoms in total. The van der Waals surface area contributed by atoms with Crippen LogP contribution >= 0.6 is 0 Å². The number of carbonyl (C=O) groups is 1. The summed E-state index contributed by atoms with van der Waals surface area (Å²) >= 11 is 0. The summed E-state index contributed by atoms with van der Waals surface area (Å²) in [4.78, 5) is 21.1. The second-order valence-corrected chi connectivity index (χ2v) is 7.56. The second-order valence-electron chi connectivity index (χ2n) is 7.56. The number of guanidine groups is 1. The summed E-state index contributed by atoms with van der Waals surface area (Å²) in [6, 6.07) is 6.50. The first-order chi connectivity index (χ1) is 12.3. The van der Waals surface area contributed by atoms with Crippen LogP contribution in [0.2, 0.25) is 0 Å². The molecule has 0 saturated carbocycles. The van der Waals surface area contributed by atoms with Gasteiger partial charge in [-0.1, -0.05) is 12.1 Å². The van der Waals surface area contributed by atoms with Crippen LogP contribution in [0.15, 0.2) is 23.2 Å². The van der Waals surface area contributed by atoms with E-state index < -0.39 is 5.41 Å². The summed E-state index contributed by atoms with van der Waals surface area (Å²) in [5, 5.41) is 6.09. The van der Waals surface area contributed by atoms with Gasteiger partial charge in [0.1, 0.15) is 0 Å². The molecule has 0 unspecified atom stereocenters. The first-order valence-electron chi connectivity index (χ1n) is 9.29. The molecule has 1 aliphatic rings. The summed E-state index contributed by atoms with van der Waals surface area (Å²) in [6.07, 6.45) is 0. The van der Waals surface area contributed by atoms with Crippen LogP contribution in [0.1, 0.15) is 25.0 Å². The number of carbonyl (C=O) groups excluding carboxylic acids is 1. The molecule has 6 heteroatoms. The van der Waals surface area contributed by atoms with Gasteiger partial charge in [-0.05, 0) is 44.9 Å². The highest BCUT2D eigenvalue weighted by molar-refractivity contribution is 5.84. The molecule has 0 radical (unpaired) electrons. The van der Waals surface area contributed by atoms with Crippen molar-refractivity contribution in [3.63, 3.8) is 0 Å². The molecule has 1 aliphatic heterocycles. The molecule has 0 aromatic heterocycles. The van der Waals surface area contributed by atoms with E-state index in [0.29, 0.717) is 6.54 Å². The Balaban J connectivity index is 1.95. The lowest BCUT2D eigenvalue weighted by atomic mass is 9.92. The van der Waals surface area contributed by atoms with E-state index in [9.17, 15) is 4.79 Å². The van der Waals surface area contributed by atoms with E-state index in [1.165, 1.54) is 16.8 Å². The quantitative estimate of drug-likeness (QED) is 0.635. The van der Waals surface area contributed by atoms with Crippen LogP contribution in [0.5, 0.6) is 0 Å². The zero-order valence-corrected chi connectivity index (χ0v) is 17.0. The number of anilines is 1. The second kappa shape index (κ2) is 8.43. The first kappa shape index (κ1) is 20.1. The number of amides is 1. The number of rotatable bonds is 4. The van der Waals surface area contributed by atoms with Gasteiger partial charge in [-0.25, -0.2) is 0 Å². The molecule has 1 heterocycles. The fraction of sp³-hybridized carbons (Fsp3) is 0.600. The van der Waals surface area contributed by atoms with Crippen molar-refractivity contribution in [2.75, 3.05) is 51.7 Å². The van der Waals surface area contributed by atoms with Gasteiger partial charge in [0.2, 0.25) is 5.91 Å². The molecule has 2 rings (SSSR count). The number of aryl methyl sites for hydroxylation is 1. The van der Waals surface area contributed by atoms with Crippen molar-refractivity contribution in [3.8, 4) is 0 Å². The Labute approximate surface area is 157 Å². The third-order valence-corrected chi connectivity index (χ3v) is 5.24. The zero-order valence-electron chi connectivity index (χ0n) is 17.0. The molecule has 144 valence electrons. The van der Waals surface area contributed by atoms with Gasteiger partial charge in [-0.15, -0.1) is 0 Å². The van der Waals surface area contributed by atoms with Crippen LogP contribution in [0.3, 0.4) is 0 Å². The first-order valence-corrected chi connectivity index (χ1v) is 9.29. The highest BCUT2D eigenvalue weighted by atomic mass is 16.2. The van der Waals surface area contributed by atoms with Crippen molar-refractivity contribution in [2.45, 2.75) is 27.7 Å². The van der Waals surface area contributed by atoms with Crippen molar-refractivity contribution in [1.29, 1.82) is 0 Å². The molecule has 1 aromatic rings. The van der Waals surface area contributed by atoms with E-state index in [-0.39, 0.29) is 5.91 Å². The number of hydrogen-bond donors (Lipinski definition) is 2. The minimum absolute atomic E-state index is 0.0280. The van der Waals surface area contributed by atoms with Gasteiger partial charge in [-0.2, -0.15) is 0 Å². The van der Waals surface area contributed by atoms with Crippen molar-refractivity contribution < 1.29 is 4.79 Å². The molecule has 1 fully saturated rings. The molecular weight excluding hydrogens is 326 g/mol. The summed E-state index contributed by atoms with van der Waals surface area (Å²) in [5.41, 5.74) is 3.54. The Morgan fingerprint density at radius 2 is 1.85 bits per heavy atom. The van der Waals surface area contributed by atoms with E-state index in [0.717, 1.165) is 32.1 Å². The van der Waals surface area contributed by atoms with E-state index in [1.807, 2.05) is 13.8 Å². The summed E-state index contributed by atoms with van der Waals surface area (Å²) in [5.74, 6) is 0.891. The molecular formula is C20H33N5O. The molecule has 1 saturated heterocycles. The molecule has 1 aromatic carbocycles.